The first-order valence-electron chi connectivity index (χ1n) is 8.62. The summed E-state index contributed by atoms with van der Waals surface area (Å²) >= 11 is 6.10. The summed E-state index contributed by atoms with van der Waals surface area (Å²) in [4.78, 5) is 28.0. The van der Waals surface area contributed by atoms with Gasteiger partial charge in [-0.3, -0.25) is 14.0 Å². The van der Waals surface area contributed by atoms with E-state index < -0.39 is 0 Å². The minimum absolute atomic E-state index is 0.0817. The minimum atomic E-state index is -0.379. The van der Waals surface area contributed by atoms with E-state index in [9.17, 15) is 14.0 Å². The van der Waals surface area contributed by atoms with Crippen molar-refractivity contribution in [2.45, 2.75) is 6.42 Å². The SMILES string of the molecule is O=C(/C=C/c1c(Cl)nc2ccccn12)NCCNC(=O)Cc1cccc(F)c1. The van der Waals surface area contributed by atoms with Crippen LogP contribution in [-0.4, -0.2) is 34.3 Å². The predicted octanol–water partition coefficient (Wildman–Crippen LogP) is 2.62. The van der Waals surface area contributed by atoms with Crippen molar-refractivity contribution in [2.24, 2.45) is 0 Å². The maximum absolute atomic E-state index is 13.1. The van der Waals surface area contributed by atoms with Gasteiger partial charge in [0.25, 0.3) is 0 Å². The Morgan fingerprint density at radius 3 is 2.79 bits per heavy atom. The smallest absolute Gasteiger partial charge is 0.244 e. The molecule has 0 saturated heterocycles. The molecular formula is C20H18ClFN4O2. The van der Waals surface area contributed by atoms with Crippen LogP contribution in [0, 0.1) is 5.82 Å². The number of hydrogen-bond acceptors (Lipinski definition) is 3. The van der Waals surface area contributed by atoms with Gasteiger partial charge in [0.05, 0.1) is 12.1 Å². The molecule has 0 unspecified atom stereocenters. The molecule has 2 amide bonds. The second-order valence-electron chi connectivity index (χ2n) is 6.00. The van der Waals surface area contributed by atoms with Crippen LogP contribution in [-0.2, 0) is 16.0 Å². The van der Waals surface area contributed by atoms with E-state index in [1.165, 1.54) is 18.2 Å². The molecule has 0 spiro atoms. The molecule has 0 fully saturated rings. The molecular weight excluding hydrogens is 383 g/mol. The van der Waals surface area contributed by atoms with Crippen molar-refractivity contribution in [3.05, 3.63) is 77.0 Å². The fourth-order valence-electron chi connectivity index (χ4n) is 2.63. The first-order chi connectivity index (χ1) is 13.5. The molecule has 3 rings (SSSR count). The van der Waals surface area contributed by atoms with Crippen molar-refractivity contribution in [2.75, 3.05) is 13.1 Å². The third-order valence-corrected chi connectivity index (χ3v) is 4.19. The maximum atomic E-state index is 13.1. The molecule has 0 radical (unpaired) electrons. The number of nitrogens with zero attached hydrogens (tertiary/aromatic N) is 2. The zero-order valence-corrected chi connectivity index (χ0v) is 15.6. The molecule has 2 heterocycles. The second kappa shape index (κ2) is 9.14. The van der Waals surface area contributed by atoms with Crippen molar-refractivity contribution < 1.29 is 14.0 Å². The molecule has 6 nitrogen and oxygen atoms in total. The number of amides is 2. The second-order valence-corrected chi connectivity index (χ2v) is 6.36. The highest BCUT2D eigenvalue weighted by Crippen LogP contribution is 2.18. The van der Waals surface area contributed by atoms with Crippen LogP contribution >= 0.6 is 11.6 Å². The monoisotopic (exact) mass is 400 g/mol. The highest BCUT2D eigenvalue weighted by atomic mass is 35.5. The molecule has 2 aromatic heterocycles. The lowest BCUT2D eigenvalue weighted by atomic mass is 10.1. The van der Waals surface area contributed by atoms with E-state index in [0.717, 1.165) is 0 Å². The molecule has 0 atom stereocenters. The molecule has 3 aromatic rings. The average Bonchev–Trinajstić information content (AvgIpc) is 2.98. The Labute approximate surface area is 166 Å². The molecule has 0 bridgehead atoms. The summed E-state index contributed by atoms with van der Waals surface area (Å²) in [6.45, 7) is 0.531. The molecule has 1 aromatic carbocycles. The van der Waals surface area contributed by atoms with Crippen molar-refractivity contribution in [1.82, 2.24) is 20.0 Å². The number of fused-ring (bicyclic) bond motifs is 1. The standard InChI is InChI=1S/C20H18ClFN4O2/c21-20-16(26-11-2-1-6-17(26)25-20)7-8-18(27)23-9-10-24-19(28)13-14-4-3-5-15(22)12-14/h1-8,11-12H,9-10,13H2,(H,23,27)(H,24,28)/b8-7+. The van der Waals surface area contributed by atoms with Gasteiger partial charge in [0.15, 0.2) is 5.15 Å². The largest absolute Gasteiger partial charge is 0.354 e. The lowest BCUT2D eigenvalue weighted by molar-refractivity contribution is -0.121. The third-order valence-electron chi connectivity index (χ3n) is 3.91. The number of carbonyl (C=O) groups excluding carboxylic acids is 2. The summed E-state index contributed by atoms with van der Waals surface area (Å²) in [5, 5.41) is 5.65. The zero-order chi connectivity index (χ0) is 19.9. The van der Waals surface area contributed by atoms with E-state index in [0.29, 0.717) is 22.1 Å². The molecule has 0 aliphatic heterocycles. The Kier molecular flexibility index (Phi) is 6.39. The lowest BCUT2D eigenvalue weighted by Gasteiger charge is -2.06. The third kappa shape index (κ3) is 5.17. The quantitative estimate of drug-likeness (QED) is 0.473. The fraction of sp³-hybridized carbons (Fsp3) is 0.150. The Balaban J connectivity index is 1.43. The van der Waals surface area contributed by atoms with Crippen LogP contribution in [0.2, 0.25) is 5.15 Å². The number of pyridine rings is 1. The number of aromatic nitrogens is 2. The van der Waals surface area contributed by atoms with Crippen LogP contribution in [0.4, 0.5) is 4.39 Å². The van der Waals surface area contributed by atoms with Crippen LogP contribution in [0.15, 0.2) is 54.7 Å². The van der Waals surface area contributed by atoms with E-state index in [4.69, 9.17) is 11.6 Å². The van der Waals surface area contributed by atoms with Crippen LogP contribution in [0.25, 0.3) is 11.7 Å². The molecule has 0 saturated carbocycles. The first kappa shape index (κ1) is 19.6. The van der Waals surface area contributed by atoms with Gasteiger partial charge in [-0.25, -0.2) is 9.37 Å². The zero-order valence-electron chi connectivity index (χ0n) is 14.9. The van der Waals surface area contributed by atoms with Crippen molar-refractivity contribution in [1.29, 1.82) is 0 Å². The number of imidazole rings is 1. The molecule has 8 heteroatoms. The summed E-state index contributed by atoms with van der Waals surface area (Å²) < 4.78 is 14.9. The van der Waals surface area contributed by atoms with Crippen LogP contribution < -0.4 is 10.6 Å². The Bertz CT molecular complexity index is 1030. The van der Waals surface area contributed by atoms with Crippen molar-refractivity contribution >= 4 is 35.1 Å². The highest BCUT2D eigenvalue weighted by molar-refractivity contribution is 6.31. The Morgan fingerprint density at radius 2 is 1.96 bits per heavy atom. The van der Waals surface area contributed by atoms with Crippen LogP contribution in [0.3, 0.4) is 0 Å². The van der Waals surface area contributed by atoms with Gasteiger partial charge in [-0.05, 0) is 35.9 Å². The summed E-state index contributed by atoms with van der Waals surface area (Å²) in [6, 6.07) is 11.4. The normalized spacial score (nSPS) is 11.1. The lowest BCUT2D eigenvalue weighted by Crippen LogP contribution is -2.34. The summed E-state index contributed by atoms with van der Waals surface area (Å²) in [5.41, 5.74) is 1.89. The van der Waals surface area contributed by atoms with E-state index in [2.05, 4.69) is 15.6 Å². The molecule has 0 aliphatic rings. The van der Waals surface area contributed by atoms with Gasteiger partial charge >= 0.3 is 0 Å². The highest BCUT2D eigenvalue weighted by Gasteiger charge is 2.07. The first-order valence-corrected chi connectivity index (χ1v) is 9.00. The van der Waals surface area contributed by atoms with Crippen LogP contribution in [0.1, 0.15) is 11.3 Å². The van der Waals surface area contributed by atoms with Gasteiger partial charge in [-0.2, -0.15) is 0 Å². The number of nitrogens with one attached hydrogen (secondary N) is 2. The van der Waals surface area contributed by atoms with E-state index >= 15 is 0 Å². The molecule has 144 valence electrons. The van der Waals surface area contributed by atoms with Gasteiger partial charge < -0.3 is 10.6 Å². The van der Waals surface area contributed by atoms with Gasteiger partial charge in [0.1, 0.15) is 11.5 Å². The number of benzene rings is 1. The average molecular weight is 401 g/mol. The fourth-order valence-corrected chi connectivity index (χ4v) is 2.87. The van der Waals surface area contributed by atoms with Gasteiger partial charge in [-0.1, -0.05) is 29.8 Å². The molecule has 28 heavy (non-hydrogen) atoms. The van der Waals surface area contributed by atoms with Crippen molar-refractivity contribution in [3.8, 4) is 0 Å². The summed E-state index contributed by atoms with van der Waals surface area (Å²) in [6.07, 6.45) is 4.83. The predicted molar refractivity (Wildman–Crippen MR) is 105 cm³/mol. The van der Waals surface area contributed by atoms with Gasteiger partial charge in [0.2, 0.25) is 11.8 Å². The van der Waals surface area contributed by atoms with Crippen LogP contribution in [0.5, 0.6) is 0 Å². The maximum Gasteiger partial charge on any atom is 0.244 e. The van der Waals surface area contributed by atoms with Gasteiger partial charge in [-0.15, -0.1) is 0 Å². The number of carbonyl (C=O) groups is 2. The summed E-state index contributed by atoms with van der Waals surface area (Å²) in [5.74, 6) is -0.940. The van der Waals surface area contributed by atoms with E-state index in [1.54, 1.807) is 28.8 Å². The Hall–Kier alpha value is -3.19. The number of rotatable bonds is 7. The summed E-state index contributed by atoms with van der Waals surface area (Å²) in [7, 11) is 0. The van der Waals surface area contributed by atoms with Crippen molar-refractivity contribution in [3.63, 3.8) is 0 Å². The number of halogens is 2. The van der Waals surface area contributed by atoms with E-state index in [-0.39, 0.29) is 37.1 Å². The van der Waals surface area contributed by atoms with Gasteiger partial charge in [0, 0.05) is 25.4 Å². The van der Waals surface area contributed by atoms with E-state index in [1.807, 2.05) is 18.2 Å². The number of hydrogen-bond donors (Lipinski definition) is 2. The topological polar surface area (TPSA) is 75.5 Å². The Morgan fingerprint density at radius 1 is 1.14 bits per heavy atom. The molecule has 0 aliphatic carbocycles. The molecule has 2 N–H and O–H groups in total. The minimum Gasteiger partial charge on any atom is -0.354 e.